The second-order valence-electron chi connectivity index (χ2n) is 9.71. The molecule has 182 valence electrons. The van der Waals surface area contributed by atoms with Crippen LogP contribution in [-0.4, -0.2) is 29.3 Å². The van der Waals surface area contributed by atoms with Crippen LogP contribution in [0, 0.1) is 0 Å². The molecular formula is C28H59NS. The van der Waals surface area contributed by atoms with Crippen molar-refractivity contribution in [3.63, 3.8) is 0 Å². The molecule has 0 saturated heterocycles. The summed E-state index contributed by atoms with van der Waals surface area (Å²) >= 11 is 4.94. The molecule has 30 heavy (non-hydrogen) atoms. The first-order chi connectivity index (χ1) is 14.7. The van der Waals surface area contributed by atoms with Crippen LogP contribution in [0.15, 0.2) is 0 Å². The van der Waals surface area contributed by atoms with Gasteiger partial charge in [-0.2, -0.15) is 12.6 Å². The quantitative estimate of drug-likeness (QED) is 0.115. The molecular weight excluding hydrogens is 382 g/mol. The predicted molar refractivity (Wildman–Crippen MR) is 143 cm³/mol. The number of hydrogen-bond donors (Lipinski definition) is 1. The van der Waals surface area contributed by atoms with Crippen LogP contribution in [0.1, 0.15) is 156 Å². The molecule has 0 bridgehead atoms. The molecule has 0 aliphatic carbocycles. The Kier molecular flexibility index (Phi) is 24.2. The van der Waals surface area contributed by atoms with E-state index >= 15 is 0 Å². The molecule has 2 heteroatoms. The summed E-state index contributed by atoms with van der Waals surface area (Å²) in [5, 5.41) is 0.612. The lowest BCUT2D eigenvalue weighted by atomic mass is 10.0. The molecule has 0 aliphatic rings. The summed E-state index contributed by atoms with van der Waals surface area (Å²) in [7, 11) is 0. The van der Waals surface area contributed by atoms with Crippen LogP contribution in [0.3, 0.4) is 0 Å². The third kappa shape index (κ3) is 19.0. The highest BCUT2D eigenvalue weighted by Gasteiger charge is 2.17. The van der Waals surface area contributed by atoms with E-state index in [-0.39, 0.29) is 0 Å². The Morgan fingerprint density at radius 3 is 1.37 bits per heavy atom. The molecule has 0 rings (SSSR count). The summed E-state index contributed by atoms with van der Waals surface area (Å²) < 4.78 is 0. The number of thiol groups is 1. The molecule has 0 radical (unpaired) electrons. The fraction of sp³-hybridized carbons (Fsp3) is 1.00. The van der Waals surface area contributed by atoms with Gasteiger partial charge in [-0.15, -0.1) is 0 Å². The van der Waals surface area contributed by atoms with E-state index in [1.165, 1.54) is 142 Å². The van der Waals surface area contributed by atoms with E-state index in [4.69, 9.17) is 12.6 Å². The number of unbranched alkanes of at least 4 members (excludes halogenated alkanes) is 13. The van der Waals surface area contributed by atoms with Gasteiger partial charge in [0.15, 0.2) is 0 Å². The molecule has 0 N–H and O–H groups in total. The van der Waals surface area contributed by atoms with Crippen molar-refractivity contribution in [1.82, 2.24) is 4.90 Å². The lowest BCUT2D eigenvalue weighted by molar-refractivity contribution is 0.173. The summed E-state index contributed by atoms with van der Waals surface area (Å²) in [4.78, 5) is 2.79. The minimum absolute atomic E-state index is 0.612. The Morgan fingerprint density at radius 1 is 0.500 bits per heavy atom. The van der Waals surface area contributed by atoms with Crippen molar-refractivity contribution in [2.45, 2.75) is 167 Å². The molecule has 0 aromatic carbocycles. The van der Waals surface area contributed by atoms with Gasteiger partial charge < -0.3 is 4.90 Å². The zero-order chi connectivity index (χ0) is 22.3. The molecule has 0 amide bonds. The first kappa shape index (κ1) is 30.3. The van der Waals surface area contributed by atoms with Gasteiger partial charge in [0.2, 0.25) is 0 Å². The monoisotopic (exact) mass is 441 g/mol. The lowest BCUT2D eigenvalue weighted by Crippen LogP contribution is -2.37. The second kappa shape index (κ2) is 24.0. The van der Waals surface area contributed by atoms with Gasteiger partial charge in [0, 0.05) is 11.3 Å². The van der Waals surface area contributed by atoms with Gasteiger partial charge in [0.25, 0.3) is 0 Å². The molecule has 0 fully saturated rings. The second-order valence-corrected chi connectivity index (χ2v) is 10.4. The third-order valence-electron chi connectivity index (χ3n) is 6.81. The first-order valence-corrected chi connectivity index (χ1v) is 14.6. The molecule has 0 heterocycles. The molecule has 0 saturated carbocycles. The Morgan fingerprint density at radius 2 is 0.933 bits per heavy atom. The fourth-order valence-corrected chi connectivity index (χ4v) is 4.93. The Hall–Kier alpha value is 0.310. The van der Waals surface area contributed by atoms with Crippen LogP contribution in [0.2, 0.25) is 0 Å². The van der Waals surface area contributed by atoms with E-state index in [0.717, 1.165) is 6.04 Å². The van der Waals surface area contributed by atoms with E-state index < -0.39 is 0 Å². The SMILES string of the molecule is CCCCCCCCCCCCCCC(S)CCC(CC)N(CCCC)CCCC. The van der Waals surface area contributed by atoms with Gasteiger partial charge in [0.1, 0.15) is 0 Å². The van der Waals surface area contributed by atoms with Gasteiger partial charge in [-0.25, -0.2) is 0 Å². The Labute approximate surface area is 198 Å². The normalized spacial score (nSPS) is 13.8. The van der Waals surface area contributed by atoms with Crippen LogP contribution >= 0.6 is 12.6 Å². The summed E-state index contributed by atoms with van der Waals surface area (Å²) in [6.45, 7) is 11.9. The zero-order valence-electron chi connectivity index (χ0n) is 21.6. The van der Waals surface area contributed by atoms with Gasteiger partial charge in [0.05, 0.1) is 0 Å². The van der Waals surface area contributed by atoms with E-state index in [1.807, 2.05) is 0 Å². The maximum Gasteiger partial charge on any atom is 0.00930 e. The van der Waals surface area contributed by atoms with Crippen LogP contribution < -0.4 is 0 Å². The molecule has 0 aromatic heterocycles. The van der Waals surface area contributed by atoms with Gasteiger partial charge in [-0.05, 0) is 51.6 Å². The van der Waals surface area contributed by atoms with Crippen molar-refractivity contribution >= 4 is 12.6 Å². The van der Waals surface area contributed by atoms with Crippen molar-refractivity contribution in [1.29, 1.82) is 0 Å². The molecule has 0 spiro atoms. The largest absolute Gasteiger partial charge is 0.300 e. The fourth-order valence-electron chi connectivity index (χ4n) is 4.59. The summed E-state index contributed by atoms with van der Waals surface area (Å²) in [5.41, 5.74) is 0. The third-order valence-corrected chi connectivity index (χ3v) is 7.33. The minimum atomic E-state index is 0.612. The maximum absolute atomic E-state index is 4.94. The molecule has 0 aromatic rings. The molecule has 0 aliphatic heterocycles. The first-order valence-electron chi connectivity index (χ1n) is 14.1. The van der Waals surface area contributed by atoms with Crippen LogP contribution in [0.25, 0.3) is 0 Å². The summed E-state index contributed by atoms with van der Waals surface area (Å²) in [5.74, 6) is 0. The highest BCUT2D eigenvalue weighted by Crippen LogP contribution is 2.20. The van der Waals surface area contributed by atoms with Crippen molar-refractivity contribution < 1.29 is 0 Å². The number of hydrogen-bond acceptors (Lipinski definition) is 2. The molecule has 1 nitrogen and oxygen atoms in total. The van der Waals surface area contributed by atoms with Crippen LogP contribution in [-0.2, 0) is 0 Å². The van der Waals surface area contributed by atoms with Gasteiger partial charge in [-0.1, -0.05) is 118 Å². The van der Waals surface area contributed by atoms with E-state index in [2.05, 4.69) is 32.6 Å². The average molecular weight is 442 g/mol. The standard InChI is InChI=1S/C28H59NS/c1-5-9-12-13-14-15-16-17-18-19-20-21-22-28(30)24-23-27(8-4)29(25-10-6-2)26-11-7-3/h27-28,30H,5-26H2,1-4H3. The number of nitrogens with zero attached hydrogens (tertiary/aromatic N) is 1. The topological polar surface area (TPSA) is 3.24 Å². The van der Waals surface area contributed by atoms with Crippen LogP contribution in [0.4, 0.5) is 0 Å². The number of rotatable bonds is 24. The predicted octanol–water partition coefficient (Wildman–Crippen LogP) is 9.84. The zero-order valence-corrected chi connectivity index (χ0v) is 22.5. The summed E-state index contributed by atoms with van der Waals surface area (Å²) in [6.07, 6.45) is 27.9. The highest BCUT2D eigenvalue weighted by molar-refractivity contribution is 7.80. The van der Waals surface area contributed by atoms with E-state index in [9.17, 15) is 0 Å². The molecule has 2 unspecified atom stereocenters. The van der Waals surface area contributed by atoms with Gasteiger partial charge >= 0.3 is 0 Å². The lowest BCUT2D eigenvalue weighted by Gasteiger charge is -2.32. The van der Waals surface area contributed by atoms with Gasteiger partial charge in [-0.3, -0.25) is 0 Å². The van der Waals surface area contributed by atoms with E-state index in [1.54, 1.807) is 0 Å². The Balaban J connectivity index is 3.72. The molecule has 2 atom stereocenters. The van der Waals surface area contributed by atoms with Crippen molar-refractivity contribution in [2.75, 3.05) is 13.1 Å². The van der Waals surface area contributed by atoms with E-state index in [0.29, 0.717) is 5.25 Å². The van der Waals surface area contributed by atoms with Crippen molar-refractivity contribution in [3.8, 4) is 0 Å². The van der Waals surface area contributed by atoms with Crippen LogP contribution in [0.5, 0.6) is 0 Å². The maximum atomic E-state index is 4.94. The summed E-state index contributed by atoms with van der Waals surface area (Å²) in [6, 6.07) is 0.778. The van der Waals surface area contributed by atoms with Crippen molar-refractivity contribution in [2.24, 2.45) is 0 Å². The minimum Gasteiger partial charge on any atom is -0.300 e. The smallest absolute Gasteiger partial charge is 0.00930 e. The average Bonchev–Trinajstić information content (AvgIpc) is 2.76. The highest BCUT2D eigenvalue weighted by atomic mass is 32.1. The van der Waals surface area contributed by atoms with Crippen molar-refractivity contribution in [3.05, 3.63) is 0 Å². The Bertz CT molecular complexity index is 312.